The molecule has 0 aliphatic carbocycles. The second kappa shape index (κ2) is 11.1. The molecule has 32 heavy (non-hydrogen) atoms. The molecule has 11 heteroatoms. The molecule has 0 aromatic carbocycles. The van der Waals surface area contributed by atoms with Gasteiger partial charge < -0.3 is 31.4 Å². The fourth-order valence-electron chi connectivity index (χ4n) is 3.64. The number of aromatic nitrogens is 2. The lowest BCUT2D eigenvalue weighted by molar-refractivity contribution is -0.144. The summed E-state index contributed by atoms with van der Waals surface area (Å²) in [5.74, 6) is -2.96. The van der Waals surface area contributed by atoms with Crippen LogP contribution in [0.4, 0.5) is 0 Å². The Kier molecular flexibility index (Phi) is 8.76. The van der Waals surface area contributed by atoms with E-state index in [1.807, 2.05) is 13.8 Å². The molecule has 0 radical (unpaired) electrons. The number of H-pyrrole nitrogens is 1. The van der Waals surface area contributed by atoms with Crippen molar-refractivity contribution in [2.24, 2.45) is 17.6 Å². The first-order valence-electron chi connectivity index (χ1n) is 10.9. The minimum Gasteiger partial charge on any atom is -0.480 e. The maximum Gasteiger partial charge on any atom is 0.326 e. The highest BCUT2D eigenvalue weighted by Gasteiger charge is 2.38. The maximum absolute atomic E-state index is 13.1. The van der Waals surface area contributed by atoms with Crippen LogP contribution in [0, 0.1) is 11.8 Å². The van der Waals surface area contributed by atoms with Crippen molar-refractivity contribution < 1.29 is 24.3 Å². The van der Waals surface area contributed by atoms with E-state index in [0.717, 1.165) is 0 Å². The van der Waals surface area contributed by atoms with Crippen LogP contribution < -0.4 is 16.4 Å². The Labute approximate surface area is 187 Å². The van der Waals surface area contributed by atoms with Gasteiger partial charge in [0.15, 0.2) is 0 Å². The summed E-state index contributed by atoms with van der Waals surface area (Å²) in [5.41, 5.74) is 6.60. The van der Waals surface area contributed by atoms with Crippen LogP contribution in [0.25, 0.3) is 0 Å². The number of aliphatic carboxylic acids is 1. The molecule has 2 heterocycles. The van der Waals surface area contributed by atoms with Crippen molar-refractivity contribution in [3.05, 3.63) is 18.2 Å². The first-order valence-corrected chi connectivity index (χ1v) is 10.9. The van der Waals surface area contributed by atoms with E-state index in [1.165, 1.54) is 17.4 Å². The zero-order valence-electron chi connectivity index (χ0n) is 19.0. The van der Waals surface area contributed by atoms with Crippen LogP contribution in [0.5, 0.6) is 0 Å². The lowest BCUT2D eigenvalue weighted by Gasteiger charge is -2.29. The molecule has 4 unspecified atom stereocenters. The van der Waals surface area contributed by atoms with Gasteiger partial charge in [-0.25, -0.2) is 9.78 Å². The van der Waals surface area contributed by atoms with Gasteiger partial charge in [0, 0.05) is 24.9 Å². The lowest BCUT2D eigenvalue weighted by Crippen LogP contribution is -2.58. The summed E-state index contributed by atoms with van der Waals surface area (Å²) in [6.07, 6.45) is 4.18. The van der Waals surface area contributed by atoms with Gasteiger partial charge in [-0.3, -0.25) is 14.4 Å². The van der Waals surface area contributed by atoms with E-state index in [1.54, 1.807) is 13.8 Å². The lowest BCUT2D eigenvalue weighted by atomic mass is 10.0. The summed E-state index contributed by atoms with van der Waals surface area (Å²) in [7, 11) is 0. The summed E-state index contributed by atoms with van der Waals surface area (Å²) < 4.78 is 0. The standard InChI is InChI=1S/C21H34N6O5/c1-11(2)16(22)20(30)27-7-5-6-15(27)19(29)25-14(8-13-9-23-10-24-13)18(28)26-17(12(3)4)21(31)32/h9-12,14-17H,5-8,22H2,1-4H3,(H,23,24)(H,25,29)(H,26,28)(H,31,32). The van der Waals surface area contributed by atoms with Gasteiger partial charge in [0.1, 0.15) is 18.1 Å². The van der Waals surface area contributed by atoms with Crippen LogP contribution in [0.15, 0.2) is 12.5 Å². The van der Waals surface area contributed by atoms with Gasteiger partial charge in [0.2, 0.25) is 17.7 Å². The van der Waals surface area contributed by atoms with Crippen molar-refractivity contribution >= 4 is 23.7 Å². The first kappa shape index (κ1) is 25.3. The van der Waals surface area contributed by atoms with E-state index in [2.05, 4.69) is 20.6 Å². The number of aromatic amines is 1. The fraction of sp³-hybridized carbons (Fsp3) is 0.667. The third-order valence-corrected chi connectivity index (χ3v) is 5.68. The first-order chi connectivity index (χ1) is 15.0. The number of likely N-dealkylation sites (tertiary alicyclic amines) is 1. The van der Waals surface area contributed by atoms with Crippen LogP contribution in [-0.4, -0.2) is 74.4 Å². The Morgan fingerprint density at radius 2 is 1.91 bits per heavy atom. The number of nitrogens with one attached hydrogen (secondary N) is 3. The average Bonchev–Trinajstić information content (AvgIpc) is 3.41. The third-order valence-electron chi connectivity index (χ3n) is 5.68. The zero-order valence-corrected chi connectivity index (χ0v) is 19.0. The summed E-state index contributed by atoms with van der Waals surface area (Å²) in [5, 5.41) is 14.6. The van der Waals surface area contributed by atoms with E-state index in [-0.39, 0.29) is 24.2 Å². The molecule has 4 atom stereocenters. The second-order valence-electron chi connectivity index (χ2n) is 8.87. The number of hydrogen-bond donors (Lipinski definition) is 5. The van der Waals surface area contributed by atoms with Crippen molar-refractivity contribution in [3.8, 4) is 0 Å². The summed E-state index contributed by atoms with van der Waals surface area (Å²) >= 11 is 0. The molecule has 1 fully saturated rings. The van der Waals surface area contributed by atoms with Gasteiger partial charge in [0.25, 0.3) is 0 Å². The van der Waals surface area contributed by atoms with Gasteiger partial charge in [-0.05, 0) is 24.7 Å². The number of carbonyl (C=O) groups excluding carboxylic acids is 3. The van der Waals surface area contributed by atoms with E-state index in [4.69, 9.17) is 5.73 Å². The number of rotatable bonds is 10. The molecule has 11 nitrogen and oxygen atoms in total. The number of imidazole rings is 1. The largest absolute Gasteiger partial charge is 0.480 e. The van der Waals surface area contributed by atoms with E-state index < -0.39 is 42.0 Å². The van der Waals surface area contributed by atoms with Crippen molar-refractivity contribution in [2.45, 2.75) is 71.1 Å². The minimum absolute atomic E-state index is 0.0744. The molecule has 6 N–H and O–H groups in total. The highest BCUT2D eigenvalue weighted by Crippen LogP contribution is 2.20. The monoisotopic (exact) mass is 450 g/mol. The fourth-order valence-corrected chi connectivity index (χ4v) is 3.64. The topological polar surface area (TPSA) is 171 Å². The number of carbonyl (C=O) groups is 4. The molecule has 178 valence electrons. The van der Waals surface area contributed by atoms with Gasteiger partial charge in [0.05, 0.1) is 12.4 Å². The number of nitrogens with zero attached hydrogens (tertiary/aromatic N) is 2. The Bertz CT molecular complexity index is 810. The smallest absolute Gasteiger partial charge is 0.326 e. The molecule has 1 aromatic heterocycles. The van der Waals surface area contributed by atoms with Crippen molar-refractivity contribution in [2.75, 3.05) is 6.54 Å². The molecule has 1 aliphatic heterocycles. The number of carboxylic acids is 1. The molecule has 2 rings (SSSR count). The predicted molar refractivity (Wildman–Crippen MR) is 116 cm³/mol. The molecule has 0 bridgehead atoms. The Balaban J connectivity index is 2.17. The van der Waals surface area contributed by atoms with Crippen LogP contribution in [0.3, 0.4) is 0 Å². The summed E-state index contributed by atoms with van der Waals surface area (Å²) in [4.78, 5) is 58.5. The highest BCUT2D eigenvalue weighted by atomic mass is 16.4. The second-order valence-corrected chi connectivity index (χ2v) is 8.87. The van der Waals surface area contributed by atoms with E-state index in [0.29, 0.717) is 25.1 Å². The van der Waals surface area contributed by atoms with Gasteiger partial charge in [-0.2, -0.15) is 0 Å². The average molecular weight is 451 g/mol. The van der Waals surface area contributed by atoms with Crippen LogP contribution >= 0.6 is 0 Å². The molecular formula is C21H34N6O5. The maximum atomic E-state index is 13.1. The SMILES string of the molecule is CC(C)C(N)C(=O)N1CCCC1C(=O)NC(Cc1cnc[nH]1)C(=O)NC(C(=O)O)C(C)C. The van der Waals surface area contributed by atoms with Crippen molar-refractivity contribution in [3.63, 3.8) is 0 Å². The van der Waals surface area contributed by atoms with E-state index in [9.17, 15) is 24.3 Å². The molecular weight excluding hydrogens is 416 g/mol. The molecule has 0 saturated carbocycles. The summed E-state index contributed by atoms with van der Waals surface area (Å²) in [6.45, 7) is 7.46. The molecule has 3 amide bonds. The third kappa shape index (κ3) is 6.28. The predicted octanol–water partition coefficient (Wildman–Crippen LogP) is -0.363. The number of hydrogen-bond acceptors (Lipinski definition) is 6. The van der Waals surface area contributed by atoms with Crippen molar-refractivity contribution in [1.82, 2.24) is 25.5 Å². The highest BCUT2D eigenvalue weighted by molar-refractivity contribution is 5.94. The molecule has 1 aliphatic rings. The number of nitrogens with two attached hydrogens (primary N) is 1. The Morgan fingerprint density at radius 3 is 2.44 bits per heavy atom. The molecule has 1 aromatic rings. The Morgan fingerprint density at radius 1 is 1.22 bits per heavy atom. The Hall–Kier alpha value is -2.95. The van der Waals surface area contributed by atoms with Gasteiger partial charge >= 0.3 is 5.97 Å². The summed E-state index contributed by atoms with van der Waals surface area (Å²) in [6, 6.07) is -3.59. The number of amides is 3. The van der Waals surface area contributed by atoms with Crippen LogP contribution in [-0.2, 0) is 25.6 Å². The quantitative estimate of drug-likeness (QED) is 0.324. The van der Waals surface area contributed by atoms with Crippen LogP contribution in [0.1, 0.15) is 46.2 Å². The normalized spacial score (nSPS) is 19.0. The number of carboxylic acid groups (broad SMARTS) is 1. The molecule has 1 saturated heterocycles. The molecule has 0 spiro atoms. The zero-order chi connectivity index (χ0) is 24.0. The van der Waals surface area contributed by atoms with E-state index >= 15 is 0 Å². The van der Waals surface area contributed by atoms with Crippen molar-refractivity contribution in [1.29, 1.82) is 0 Å². The van der Waals surface area contributed by atoms with Crippen LogP contribution in [0.2, 0.25) is 0 Å². The van der Waals surface area contributed by atoms with Gasteiger partial charge in [-0.15, -0.1) is 0 Å². The van der Waals surface area contributed by atoms with Gasteiger partial charge in [-0.1, -0.05) is 27.7 Å². The minimum atomic E-state index is -1.16.